The first-order chi connectivity index (χ1) is 9.66. The summed E-state index contributed by atoms with van der Waals surface area (Å²) in [5.41, 5.74) is 7.57. The van der Waals surface area contributed by atoms with E-state index in [1.165, 1.54) is 0 Å². The van der Waals surface area contributed by atoms with Crippen LogP contribution in [0.1, 0.15) is 37.7 Å². The molecule has 0 unspecified atom stereocenters. The zero-order chi connectivity index (χ0) is 15.8. The second kappa shape index (κ2) is 5.53. The summed E-state index contributed by atoms with van der Waals surface area (Å²) in [4.78, 5) is 8.73. The molecule has 1 heterocycles. The van der Waals surface area contributed by atoms with Crippen molar-refractivity contribution in [3.8, 4) is 11.6 Å². The number of hydrogen-bond acceptors (Lipinski definition) is 4. The Bertz CT molecular complexity index is 655. The fourth-order valence-corrected chi connectivity index (χ4v) is 2.32. The first-order valence-corrected chi connectivity index (χ1v) is 7.14. The first kappa shape index (κ1) is 15.6. The van der Waals surface area contributed by atoms with E-state index in [2.05, 4.69) is 9.97 Å². The molecule has 0 amide bonds. The van der Waals surface area contributed by atoms with E-state index in [0.717, 1.165) is 16.9 Å². The smallest absolute Gasteiger partial charge is 0.224 e. The molecule has 112 valence electrons. The van der Waals surface area contributed by atoms with Gasteiger partial charge in [0.2, 0.25) is 5.88 Å². The first-order valence-electron chi connectivity index (χ1n) is 6.76. The summed E-state index contributed by atoms with van der Waals surface area (Å²) in [6, 6.07) is 5.35. The van der Waals surface area contributed by atoms with Crippen LogP contribution in [0, 0.1) is 13.8 Å². The van der Waals surface area contributed by atoms with E-state index in [1.54, 1.807) is 6.07 Å². The third kappa shape index (κ3) is 3.64. The van der Waals surface area contributed by atoms with Crippen molar-refractivity contribution >= 4 is 17.4 Å². The average molecular weight is 306 g/mol. The topological polar surface area (TPSA) is 61.0 Å². The Morgan fingerprint density at radius 1 is 1.05 bits per heavy atom. The van der Waals surface area contributed by atoms with Crippen molar-refractivity contribution in [2.45, 2.75) is 40.0 Å². The molecule has 1 aromatic carbocycles. The molecular formula is C16H20ClN3O. The van der Waals surface area contributed by atoms with Crippen LogP contribution in [0.3, 0.4) is 0 Å². The Morgan fingerprint density at radius 3 is 2.14 bits per heavy atom. The summed E-state index contributed by atoms with van der Waals surface area (Å²) < 4.78 is 5.92. The minimum atomic E-state index is -0.197. The van der Waals surface area contributed by atoms with Crippen LogP contribution < -0.4 is 10.5 Å². The van der Waals surface area contributed by atoms with E-state index in [-0.39, 0.29) is 5.41 Å². The largest absolute Gasteiger partial charge is 0.438 e. The maximum Gasteiger partial charge on any atom is 0.224 e. The zero-order valence-electron chi connectivity index (χ0n) is 13.0. The van der Waals surface area contributed by atoms with Gasteiger partial charge in [-0.2, -0.15) is 4.98 Å². The lowest BCUT2D eigenvalue weighted by Gasteiger charge is -2.18. The lowest BCUT2D eigenvalue weighted by molar-refractivity contribution is 0.441. The average Bonchev–Trinajstić information content (AvgIpc) is 2.32. The molecule has 2 N–H and O–H groups in total. The molecule has 0 aliphatic rings. The van der Waals surface area contributed by atoms with E-state index in [9.17, 15) is 0 Å². The third-order valence-electron chi connectivity index (χ3n) is 3.03. The van der Waals surface area contributed by atoms with Crippen LogP contribution in [0.15, 0.2) is 18.2 Å². The summed E-state index contributed by atoms with van der Waals surface area (Å²) in [6.07, 6.45) is 0. The maximum absolute atomic E-state index is 6.03. The van der Waals surface area contributed by atoms with Crippen molar-refractivity contribution in [2.24, 2.45) is 0 Å². The fraction of sp³-hybridized carbons (Fsp3) is 0.375. The van der Waals surface area contributed by atoms with Crippen LogP contribution >= 0.6 is 11.6 Å². The number of ether oxygens (including phenoxy) is 1. The Balaban J connectivity index is 2.43. The van der Waals surface area contributed by atoms with Gasteiger partial charge in [0, 0.05) is 16.5 Å². The number of nitrogens with two attached hydrogens (primary N) is 1. The third-order valence-corrected chi connectivity index (χ3v) is 3.24. The van der Waals surface area contributed by atoms with Gasteiger partial charge in [0.15, 0.2) is 0 Å². The van der Waals surface area contributed by atoms with E-state index >= 15 is 0 Å². The minimum absolute atomic E-state index is 0.197. The molecule has 0 saturated carbocycles. The highest BCUT2D eigenvalue weighted by Crippen LogP contribution is 2.32. The molecule has 2 aromatic rings. The molecular weight excluding hydrogens is 286 g/mol. The lowest BCUT2D eigenvalue weighted by Crippen LogP contribution is -2.17. The van der Waals surface area contributed by atoms with Gasteiger partial charge in [0.1, 0.15) is 17.4 Å². The molecule has 21 heavy (non-hydrogen) atoms. The molecule has 0 fully saturated rings. The minimum Gasteiger partial charge on any atom is -0.438 e. The van der Waals surface area contributed by atoms with Crippen LogP contribution in [0.5, 0.6) is 11.6 Å². The van der Waals surface area contributed by atoms with E-state index in [4.69, 9.17) is 22.1 Å². The lowest BCUT2D eigenvalue weighted by atomic mass is 9.96. The van der Waals surface area contributed by atoms with Crippen molar-refractivity contribution in [2.75, 3.05) is 5.73 Å². The van der Waals surface area contributed by atoms with Crippen LogP contribution in [0.4, 0.5) is 5.82 Å². The molecule has 2 rings (SSSR count). The summed E-state index contributed by atoms with van der Waals surface area (Å²) in [7, 11) is 0. The van der Waals surface area contributed by atoms with Crippen molar-refractivity contribution in [3.05, 3.63) is 40.2 Å². The number of rotatable bonds is 2. The van der Waals surface area contributed by atoms with Gasteiger partial charge in [-0.05, 0) is 37.1 Å². The van der Waals surface area contributed by atoms with Gasteiger partial charge in [-0.3, -0.25) is 0 Å². The summed E-state index contributed by atoms with van der Waals surface area (Å²) in [5.74, 6) is 2.24. The standard InChI is InChI=1S/C16H20ClN3O/c1-9-6-11(17)7-10(2)14(9)21-13-8-12(18)19-15(20-13)16(3,4)5/h6-8H,1-5H3,(H2,18,19,20). The number of benzene rings is 1. The number of anilines is 1. The highest BCUT2D eigenvalue weighted by atomic mass is 35.5. The second-order valence-corrected chi connectivity index (χ2v) is 6.61. The highest BCUT2D eigenvalue weighted by Gasteiger charge is 2.19. The molecule has 4 nitrogen and oxygen atoms in total. The van der Waals surface area contributed by atoms with Crippen LogP contribution in [-0.4, -0.2) is 9.97 Å². The molecule has 0 bridgehead atoms. The van der Waals surface area contributed by atoms with Crippen molar-refractivity contribution in [1.29, 1.82) is 0 Å². The summed E-state index contributed by atoms with van der Waals surface area (Å²) in [6.45, 7) is 9.99. The summed E-state index contributed by atoms with van der Waals surface area (Å²) in [5, 5.41) is 0.690. The van der Waals surface area contributed by atoms with Crippen LogP contribution in [-0.2, 0) is 5.41 Å². The Labute approximate surface area is 130 Å². The molecule has 0 atom stereocenters. The van der Waals surface area contributed by atoms with Gasteiger partial charge in [-0.1, -0.05) is 32.4 Å². The van der Waals surface area contributed by atoms with Crippen molar-refractivity contribution < 1.29 is 4.74 Å². The highest BCUT2D eigenvalue weighted by molar-refractivity contribution is 6.30. The van der Waals surface area contributed by atoms with E-state index in [1.807, 2.05) is 46.8 Å². The SMILES string of the molecule is Cc1cc(Cl)cc(C)c1Oc1cc(N)nc(C(C)(C)C)n1. The van der Waals surface area contributed by atoms with E-state index in [0.29, 0.717) is 22.5 Å². The Kier molecular flexibility index (Phi) is 4.10. The number of aryl methyl sites for hydroxylation is 2. The van der Waals surface area contributed by atoms with Crippen molar-refractivity contribution in [1.82, 2.24) is 9.97 Å². The van der Waals surface area contributed by atoms with Gasteiger partial charge in [0.05, 0.1) is 0 Å². The molecule has 0 saturated heterocycles. The predicted molar refractivity (Wildman–Crippen MR) is 86.1 cm³/mol. The maximum atomic E-state index is 6.03. The molecule has 0 spiro atoms. The number of nitrogen functional groups attached to an aromatic ring is 1. The number of nitrogens with zero attached hydrogens (tertiary/aromatic N) is 2. The quantitative estimate of drug-likeness (QED) is 0.892. The Hall–Kier alpha value is -1.81. The predicted octanol–water partition coefficient (Wildman–Crippen LogP) is 4.42. The molecule has 1 aromatic heterocycles. The van der Waals surface area contributed by atoms with Crippen LogP contribution in [0.25, 0.3) is 0 Å². The molecule has 5 heteroatoms. The van der Waals surface area contributed by atoms with Gasteiger partial charge in [-0.15, -0.1) is 0 Å². The second-order valence-electron chi connectivity index (χ2n) is 6.18. The summed E-state index contributed by atoms with van der Waals surface area (Å²) >= 11 is 6.03. The molecule has 0 aliphatic heterocycles. The van der Waals surface area contributed by atoms with Gasteiger partial charge in [-0.25, -0.2) is 4.98 Å². The monoisotopic (exact) mass is 305 g/mol. The number of halogens is 1. The Morgan fingerprint density at radius 2 is 1.62 bits per heavy atom. The molecule has 0 radical (unpaired) electrons. The van der Waals surface area contributed by atoms with Gasteiger partial charge >= 0.3 is 0 Å². The van der Waals surface area contributed by atoms with E-state index < -0.39 is 0 Å². The number of hydrogen-bond donors (Lipinski definition) is 1. The molecule has 0 aliphatic carbocycles. The van der Waals surface area contributed by atoms with Crippen LogP contribution in [0.2, 0.25) is 5.02 Å². The fourth-order valence-electron chi connectivity index (χ4n) is 1.99. The van der Waals surface area contributed by atoms with Crippen molar-refractivity contribution in [3.63, 3.8) is 0 Å². The van der Waals surface area contributed by atoms with Gasteiger partial charge < -0.3 is 10.5 Å². The number of aromatic nitrogens is 2. The van der Waals surface area contributed by atoms with Gasteiger partial charge in [0.25, 0.3) is 0 Å². The normalized spacial score (nSPS) is 11.5. The zero-order valence-corrected chi connectivity index (χ0v) is 13.7.